The maximum Gasteiger partial charge on any atom is 0.226 e. The van der Waals surface area contributed by atoms with Crippen LogP contribution >= 0.6 is 12.4 Å². The predicted octanol–water partition coefficient (Wildman–Crippen LogP) is 2.49. The third-order valence-corrected chi connectivity index (χ3v) is 4.17. The van der Waals surface area contributed by atoms with Gasteiger partial charge in [-0.25, -0.2) is 9.97 Å². The first-order chi connectivity index (χ1) is 10.8. The summed E-state index contributed by atoms with van der Waals surface area (Å²) >= 11 is 0. The predicted molar refractivity (Wildman–Crippen MR) is 96.3 cm³/mol. The largest absolute Gasteiger partial charge is 0.341 e. The van der Waals surface area contributed by atoms with Crippen LogP contribution in [0.4, 0.5) is 5.95 Å². The average Bonchev–Trinajstić information content (AvgIpc) is 2.81. The summed E-state index contributed by atoms with van der Waals surface area (Å²) in [6, 6.07) is 4.07. The van der Waals surface area contributed by atoms with Gasteiger partial charge in [-0.15, -0.1) is 12.4 Å². The smallest absolute Gasteiger partial charge is 0.226 e. The van der Waals surface area contributed by atoms with Gasteiger partial charge in [0.2, 0.25) is 5.95 Å². The Hall–Kier alpha value is -1.72. The Morgan fingerprint density at radius 3 is 2.43 bits per heavy atom. The van der Waals surface area contributed by atoms with E-state index in [1.54, 1.807) is 0 Å². The third kappa shape index (κ3) is 3.79. The standard InChI is InChI=1S/C17H23N5.ClH/c1-3-22(4-2)17-20-15-8-12-19-11-7-14(15)16(21-17)13-5-9-18-10-6-13;/h5-6,9-10,19H,3-4,7-8,11-12H2,1-2H3;1H. The maximum absolute atomic E-state index is 4.90. The van der Waals surface area contributed by atoms with Gasteiger partial charge in [-0.1, -0.05) is 0 Å². The zero-order valence-corrected chi connectivity index (χ0v) is 14.6. The van der Waals surface area contributed by atoms with Crippen LogP contribution in [-0.2, 0) is 12.8 Å². The Kier molecular flexibility index (Phi) is 6.30. The van der Waals surface area contributed by atoms with E-state index in [1.165, 1.54) is 11.3 Å². The first-order valence-electron chi connectivity index (χ1n) is 8.09. The Morgan fingerprint density at radius 2 is 1.74 bits per heavy atom. The normalized spacial score (nSPS) is 13.7. The molecule has 6 heteroatoms. The highest BCUT2D eigenvalue weighted by molar-refractivity contribution is 5.85. The number of nitrogens with zero attached hydrogens (tertiary/aromatic N) is 4. The van der Waals surface area contributed by atoms with Crippen molar-refractivity contribution in [3.63, 3.8) is 0 Å². The second-order valence-corrected chi connectivity index (χ2v) is 5.46. The highest BCUT2D eigenvalue weighted by atomic mass is 35.5. The van der Waals surface area contributed by atoms with Gasteiger partial charge < -0.3 is 10.2 Å². The van der Waals surface area contributed by atoms with E-state index in [1.807, 2.05) is 24.5 Å². The molecule has 0 saturated heterocycles. The zero-order valence-electron chi connectivity index (χ0n) is 13.7. The van der Waals surface area contributed by atoms with Gasteiger partial charge in [-0.2, -0.15) is 0 Å². The Bertz CT molecular complexity index is 628. The fraction of sp³-hybridized carbons (Fsp3) is 0.471. The molecule has 1 aliphatic rings. The highest BCUT2D eigenvalue weighted by Crippen LogP contribution is 2.27. The van der Waals surface area contributed by atoms with E-state index in [0.29, 0.717) is 0 Å². The van der Waals surface area contributed by atoms with Crippen LogP contribution in [0, 0.1) is 0 Å². The van der Waals surface area contributed by atoms with Crippen molar-refractivity contribution in [1.82, 2.24) is 20.3 Å². The van der Waals surface area contributed by atoms with Crippen molar-refractivity contribution in [3.05, 3.63) is 35.8 Å². The Balaban J connectivity index is 0.00000192. The van der Waals surface area contributed by atoms with Gasteiger partial charge in [-0.05, 0) is 38.9 Å². The molecule has 0 radical (unpaired) electrons. The highest BCUT2D eigenvalue weighted by Gasteiger charge is 2.19. The summed E-state index contributed by atoms with van der Waals surface area (Å²) < 4.78 is 0. The van der Waals surface area contributed by atoms with E-state index in [2.05, 4.69) is 29.0 Å². The summed E-state index contributed by atoms with van der Waals surface area (Å²) in [6.45, 7) is 8.10. The molecule has 0 unspecified atom stereocenters. The summed E-state index contributed by atoms with van der Waals surface area (Å²) in [5.74, 6) is 0.845. The number of pyridine rings is 1. The van der Waals surface area contributed by atoms with Gasteiger partial charge in [0.15, 0.2) is 0 Å². The second kappa shape index (κ2) is 8.22. The van der Waals surface area contributed by atoms with E-state index < -0.39 is 0 Å². The third-order valence-electron chi connectivity index (χ3n) is 4.17. The molecule has 2 aromatic rings. The summed E-state index contributed by atoms with van der Waals surface area (Å²) in [7, 11) is 0. The molecule has 124 valence electrons. The minimum Gasteiger partial charge on any atom is -0.341 e. The zero-order chi connectivity index (χ0) is 15.4. The lowest BCUT2D eigenvalue weighted by Crippen LogP contribution is -2.25. The molecule has 1 aliphatic heterocycles. The van der Waals surface area contributed by atoms with E-state index >= 15 is 0 Å². The molecule has 3 rings (SSSR count). The first kappa shape index (κ1) is 17.6. The van der Waals surface area contributed by atoms with E-state index in [0.717, 1.165) is 56.2 Å². The lowest BCUT2D eigenvalue weighted by Gasteiger charge is -2.21. The van der Waals surface area contributed by atoms with Crippen molar-refractivity contribution in [2.24, 2.45) is 0 Å². The van der Waals surface area contributed by atoms with Crippen LogP contribution in [0.5, 0.6) is 0 Å². The van der Waals surface area contributed by atoms with Crippen molar-refractivity contribution < 1.29 is 0 Å². The number of halogens is 1. The molecule has 0 fully saturated rings. The summed E-state index contributed by atoms with van der Waals surface area (Å²) in [5.41, 5.74) is 4.67. The topological polar surface area (TPSA) is 53.9 Å². The minimum atomic E-state index is 0. The van der Waals surface area contributed by atoms with Gasteiger partial charge in [0, 0.05) is 49.6 Å². The number of nitrogens with one attached hydrogen (secondary N) is 1. The van der Waals surface area contributed by atoms with Gasteiger partial charge in [0.1, 0.15) is 0 Å². The lowest BCUT2D eigenvalue weighted by molar-refractivity contribution is 0.708. The molecule has 1 N–H and O–H groups in total. The molecule has 0 amide bonds. The van der Waals surface area contributed by atoms with Crippen LogP contribution in [0.25, 0.3) is 11.3 Å². The van der Waals surface area contributed by atoms with E-state index in [9.17, 15) is 0 Å². The molecule has 0 aromatic carbocycles. The summed E-state index contributed by atoms with van der Waals surface area (Å²) in [6.07, 6.45) is 5.60. The number of hydrogen-bond acceptors (Lipinski definition) is 5. The van der Waals surface area contributed by atoms with Crippen molar-refractivity contribution in [2.75, 3.05) is 31.1 Å². The van der Waals surface area contributed by atoms with Crippen LogP contribution in [0.3, 0.4) is 0 Å². The number of anilines is 1. The van der Waals surface area contributed by atoms with Gasteiger partial charge in [-0.3, -0.25) is 4.98 Å². The number of fused-ring (bicyclic) bond motifs is 1. The SMILES string of the molecule is CCN(CC)c1nc2c(c(-c3ccncc3)n1)CCNCC2.Cl. The molecule has 3 heterocycles. The molecule has 0 saturated carbocycles. The van der Waals surface area contributed by atoms with Crippen LogP contribution in [-0.4, -0.2) is 41.1 Å². The van der Waals surface area contributed by atoms with Gasteiger partial charge >= 0.3 is 0 Å². The van der Waals surface area contributed by atoms with E-state index in [4.69, 9.17) is 9.97 Å². The fourth-order valence-corrected chi connectivity index (χ4v) is 2.93. The Morgan fingerprint density at radius 1 is 1.04 bits per heavy atom. The molecule has 5 nitrogen and oxygen atoms in total. The summed E-state index contributed by atoms with van der Waals surface area (Å²) in [5, 5.41) is 3.46. The van der Waals surface area contributed by atoms with Gasteiger partial charge in [0.25, 0.3) is 0 Å². The molecular formula is C17H24ClN5. The number of rotatable bonds is 4. The molecule has 23 heavy (non-hydrogen) atoms. The molecule has 0 atom stereocenters. The first-order valence-corrected chi connectivity index (χ1v) is 8.09. The average molecular weight is 334 g/mol. The van der Waals surface area contributed by atoms with Gasteiger partial charge in [0.05, 0.1) is 11.4 Å². The molecule has 2 aromatic heterocycles. The van der Waals surface area contributed by atoms with Crippen molar-refractivity contribution in [2.45, 2.75) is 26.7 Å². The summed E-state index contributed by atoms with van der Waals surface area (Å²) in [4.78, 5) is 16.1. The Labute approximate surface area is 144 Å². The van der Waals surface area contributed by atoms with Crippen LogP contribution in [0.2, 0.25) is 0 Å². The van der Waals surface area contributed by atoms with Crippen molar-refractivity contribution in [1.29, 1.82) is 0 Å². The number of aromatic nitrogens is 3. The lowest BCUT2D eigenvalue weighted by atomic mass is 10.0. The monoisotopic (exact) mass is 333 g/mol. The van der Waals surface area contributed by atoms with E-state index in [-0.39, 0.29) is 12.4 Å². The number of hydrogen-bond donors (Lipinski definition) is 1. The molecule has 0 bridgehead atoms. The molecular weight excluding hydrogens is 310 g/mol. The fourth-order valence-electron chi connectivity index (χ4n) is 2.93. The minimum absolute atomic E-state index is 0. The molecule has 0 aliphatic carbocycles. The maximum atomic E-state index is 4.90. The second-order valence-electron chi connectivity index (χ2n) is 5.46. The van der Waals surface area contributed by atoms with Crippen LogP contribution in [0.1, 0.15) is 25.1 Å². The van der Waals surface area contributed by atoms with Crippen molar-refractivity contribution >= 4 is 18.4 Å². The van der Waals surface area contributed by atoms with Crippen molar-refractivity contribution in [3.8, 4) is 11.3 Å². The molecule has 0 spiro atoms. The van der Waals surface area contributed by atoms with Crippen LogP contribution < -0.4 is 10.2 Å². The van der Waals surface area contributed by atoms with Crippen LogP contribution in [0.15, 0.2) is 24.5 Å². The quantitative estimate of drug-likeness (QED) is 0.931.